The Morgan fingerprint density at radius 2 is 1.92 bits per heavy atom. The molecule has 0 aliphatic carbocycles. The Balaban J connectivity index is 2.14. The monoisotopic (exact) mass is 340 g/mol. The number of nitrogens with zero attached hydrogens (tertiary/aromatic N) is 1. The first kappa shape index (κ1) is 17.2. The van der Waals surface area contributed by atoms with E-state index in [2.05, 4.69) is 0 Å². The number of hydrogen-bond donors (Lipinski definition) is 1. The molecule has 0 atom stereocenters. The zero-order chi connectivity index (χ0) is 18.0. The lowest BCUT2D eigenvalue weighted by atomic mass is 10.0. The van der Waals surface area contributed by atoms with Crippen LogP contribution in [-0.4, -0.2) is 24.0 Å². The summed E-state index contributed by atoms with van der Waals surface area (Å²) in [5, 5.41) is 0.635. The molecular formula is C20H21FN2O2. The number of halogens is 1. The van der Waals surface area contributed by atoms with Gasteiger partial charge in [-0.05, 0) is 62.4 Å². The van der Waals surface area contributed by atoms with Gasteiger partial charge in [-0.15, -0.1) is 0 Å². The number of hydrogen-bond acceptors (Lipinski definition) is 3. The van der Waals surface area contributed by atoms with Gasteiger partial charge in [-0.1, -0.05) is 0 Å². The molecule has 0 unspecified atom stereocenters. The van der Waals surface area contributed by atoms with Gasteiger partial charge in [0.25, 0.3) is 0 Å². The predicted octanol–water partition coefficient (Wildman–Crippen LogP) is 3.68. The smallest absolute Gasteiger partial charge is 0.195 e. The van der Waals surface area contributed by atoms with E-state index < -0.39 is 0 Å². The molecule has 0 amide bonds. The van der Waals surface area contributed by atoms with E-state index in [4.69, 9.17) is 10.5 Å². The molecule has 3 rings (SSSR count). The molecule has 1 heterocycles. The highest BCUT2D eigenvalue weighted by atomic mass is 19.1. The highest BCUT2D eigenvalue weighted by Crippen LogP contribution is 2.29. The van der Waals surface area contributed by atoms with Gasteiger partial charge in [-0.25, -0.2) is 4.39 Å². The van der Waals surface area contributed by atoms with Gasteiger partial charge in [0.05, 0.1) is 12.7 Å². The van der Waals surface area contributed by atoms with Gasteiger partial charge < -0.3 is 15.0 Å². The van der Waals surface area contributed by atoms with Crippen molar-refractivity contribution in [3.05, 3.63) is 65.1 Å². The van der Waals surface area contributed by atoms with Crippen LogP contribution in [-0.2, 0) is 6.54 Å². The molecule has 0 aliphatic heterocycles. The van der Waals surface area contributed by atoms with Crippen LogP contribution in [0.2, 0.25) is 0 Å². The number of carbonyl (C=O) groups is 1. The van der Waals surface area contributed by atoms with Crippen molar-refractivity contribution in [1.29, 1.82) is 0 Å². The maximum absolute atomic E-state index is 13.8. The Hall–Kier alpha value is -2.66. The molecule has 2 aromatic carbocycles. The molecule has 2 N–H and O–H groups in total. The molecule has 3 aromatic rings. The van der Waals surface area contributed by atoms with Crippen molar-refractivity contribution in [1.82, 2.24) is 4.57 Å². The van der Waals surface area contributed by atoms with Gasteiger partial charge >= 0.3 is 0 Å². The Bertz CT molecular complexity index is 914. The number of methoxy groups -OCH3 is 1. The summed E-state index contributed by atoms with van der Waals surface area (Å²) in [5.74, 6) is 0.208. The summed E-state index contributed by atoms with van der Waals surface area (Å²) in [4.78, 5) is 13.1. The van der Waals surface area contributed by atoms with E-state index in [9.17, 15) is 9.18 Å². The molecule has 0 bridgehead atoms. The minimum atomic E-state index is -0.354. The molecule has 0 fully saturated rings. The zero-order valence-corrected chi connectivity index (χ0v) is 14.4. The van der Waals surface area contributed by atoms with Crippen LogP contribution in [0.15, 0.2) is 42.5 Å². The summed E-state index contributed by atoms with van der Waals surface area (Å²) in [6, 6.07) is 11.5. The Labute approximate surface area is 146 Å². The van der Waals surface area contributed by atoms with E-state index in [1.54, 1.807) is 37.4 Å². The molecule has 0 spiro atoms. The molecule has 130 valence electrons. The topological polar surface area (TPSA) is 57.2 Å². The van der Waals surface area contributed by atoms with Crippen molar-refractivity contribution in [2.45, 2.75) is 19.9 Å². The summed E-state index contributed by atoms with van der Waals surface area (Å²) in [6.45, 7) is 3.15. The minimum Gasteiger partial charge on any atom is -0.497 e. The first-order valence-electron chi connectivity index (χ1n) is 8.24. The SMILES string of the molecule is COc1ccc(C(=O)c2c(C)n(CCCN)c3ccc(F)cc23)cc1. The van der Waals surface area contributed by atoms with Crippen LogP contribution in [0.4, 0.5) is 4.39 Å². The van der Waals surface area contributed by atoms with Crippen LogP contribution >= 0.6 is 0 Å². The fraction of sp³-hybridized carbons (Fsp3) is 0.250. The van der Waals surface area contributed by atoms with E-state index >= 15 is 0 Å². The predicted molar refractivity (Wildman–Crippen MR) is 96.7 cm³/mol. The number of nitrogens with two attached hydrogens (primary N) is 1. The zero-order valence-electron chi connectivity index (χ0n) is 14.4. The minimum absolute atomic E-state index is 0.123. The quantitative estimate of drug-likeness (QED) is 0.697. The number of aryl methyl sites for hydroxylation is 1. The van der Waals surface area contributed by atoms with Crippen LogP contribution in [0.25, 0.3) is 10.9 Å². The summed E-state index contributed by atoms with van der Waals surface area (Å²) in [7, 11) is 1.58. The van der Waals surface area contributed by atoms with Crippen molar-refractivity contribution < 1.29 is 13.9 Å². The molecule has 4 nitrogen and oxygen atoms in total. The number of carbonyl (C=O) groups excluding carboxylic acids is 1. The molecular weight excluding hydrogens is 319 g/mol. The average Bonchev–Trinajstić information content (AvgIpc) is 2.90. The van der Waals surface area contributed by atoms with Crippen molar-refractivity contribution >= 4 is 16.7 Å². The van der Waals surface area contributed by atoms with Crippen molar-refractivity contribution in [3.8, 4) is 5.75 Å². The third-order valence-electron chi connectivity index (χ3n) is 4.45. The normalized spacial score (nSPS) is 11.0. The van der Waals surface area contributed by atoms with Gasteiger partial charge in [0, 0.05) is 28.7 Å². The van der Waals surface area contributed by atoms with Crippen LogP contribution < -0.4 is 10.5 Å². The van der Waals surface area contributed by atoms with Crippen molar-refractivity contribution in [2.24, 2.45) is 5.73 Å². The third-order valence-corrected chi connectivity index (χ3v) is 4.45. The maximum atomic E-state index is 13.8. The van der Waals surface area contributed by atoms with Crippen LogP contribution in [0.1, 0.15) is 28.0 Å². The van der Waals surface area contributed by atoms with Crippen molar-refractivity contribution in [3.63, 3.8) is 0 Å². The summed E-state index contributed by atoms with van der Waals surface area (Å²) < 4.78 is 21.0. The largest absolute Gasteiger partial charge is 0.497 e. The van der Waals surface area contributed by atoms with Crippen LogP contribution in [0.5, 0.6) is 5.75 Å². The third kappa shape index (κ3) is 3.15. The molecule has 5 heteroatoms. The molecule has 0 radical (unpaired) electrons. The first-order valence-corrected chi connectivity index (χ1v) is 8.24. The van der Waals surface area contributed by atoms with Crippen LogP contribution in [0, 0.1) is 12.7 Å². The van der Waals surface area contributed by atoms with Gasteiger partial charge in [-0.3, -0.25) is 4.79 Å². The highest BCUT2D eigenvalue weighted by molar-refractivity contribution is 6.17. The van der Waals surface area contributed by atoms with Crippen molar-refractivity contribution in [2.75, 3.05) is 13.7 Å². The van der Waals surface area contributed by atoms with Gasteiger partial charge in [0.15, 0.2) is 5.78 Å². The second kappa shape index (κ2) is 7.07. The van der Waals surface area contributed by atoms with E-state index in [1.807, 2.05) is 11.5 Å². The maximum Gasteiger partial charge on any atom is 0.195 e. The fourth-order valence-corrected chi connectivity index (χ4v) is 3.17. The summed E-state index contributed by atoms with van der Waals surface area (Å²) >= 11 is 0. The fourth-order valence-electron chi connectivity index (χ4n) is 3.17. The number of ketones is 1. The number of ether oxygens (including phenoxy) is 1. The highest BCUT2D eigenvalue weighted by Gasteiger charge is 2.21. The van der Waals surface area contributed by atoms with Gasteiger partial charge in [0.2, 0.25) is 0 Å². The Morgan fingerprint density at radius 3 is 2.56 bits per heavy atom. The second-order valence-corrected chi connectivity index (χ2v) is 5.97. The first-order chi connectivity index (χ1) is 12.1. The number of rotatable bonds is 6. The average molecular weight is 340 g/mol. The molecule has 25 heavy (non-hydrogen) atoms. The summed E-state index contributed by atoms with van der Waals surface area (Å²) in [6.07, 6.45) is 0.790. The lowest BCUT2D eigenvalue weighted by molar-refractivity contribution is 0.103. The number of benzene rings is 2. The lowest BCUT2D eigenvalue weighted by Gasteiger charge is -2.08. The summed E-state index contributed by atoms with van der Waals surface area (Å²) in [5.41, 5.74) is 8.39. The van der Waals surface area contributed by atoms with Crippen LogP contribution in [0.3, 0.4) is 0 Å². The van der Waals surface area contributed by atoms with E-state index in [0.29, 0.717) is 35.4 Å². The number of fused-ring (bicyclic) bond motifs is 1. The standard InChI is InChI=1S/C20H21FN2O2/c1-13-19(20(24)14-4-7-16(25-2)8-5-14)17-12-15(21)6-9-18(17)23(13)11-3-10-22/h4-9,12H,3,10-11,22H2,1-2H3. The number of aromatic nitrogens is 1. The van der Waals surface area contributed by atoms with E-state index in [0.717, 1.165) is 17.6 Å². The molecule has 0 saturated heterocycles. The molecule has 1 aromatic heterocycles. The van der Waals surface area contributed by atoms with Gasteiger partial charge in [-0.2, -0.15) is 0 Å². The van der Waals surface area contributed by atoms with E-state index in [-0.39, 0.29) is 11.6 Å². The second-order valence-electron chi connectivity index (χ2n) is 5.97. The van der Waals surface area contributed by atoms with Gasteiger partial charge in [0.1, 0.15) is 11.6 Å². The van der Waals surface area contributed by atoms with E-state index in [1.165, 1.54) is 12.1 Å². The molecule has 0 aliphatic rings. The Kier molecular flexibility index (Phi) is 4.86. The molecule has 0 saturated carbocycles. The Morgan fingerprint density at radius 1 is 1.20 bits per heavy atom. The lowest BCUT2D eigenvalue weighted by Crippen LogP contribution is -2.08.